The Hall–Kier alpha value is -0.570. The van der Waals surface area contributed by atoms with Crippen molar-refractivity contribution in [2.75, 3.05) is 11.4 Å². The molecule has 16 heavy (non-hydrogen) atoms. The summed E-state index contributed by atoms with van der Waals surface area (Å²) in [4.78, 5) is 6.95. The Kier molecular flexibility index (Phi) is 5.26. The quantitative estimate of drug-likeness (QED) is 0.762. The first-order chi connectivity index (χ1) is 7.60. The van der Waals surface area contributed by atoms with E-state index in [9.17, 15) is 0 Å². The van der Waals surface area contributed by atoms with Crippen molar-refractivity contribution in [3.05, 3.63) is 23.4 Å². The van der Waals surface area contributed by atoms with Gasteiger partial charge in [0.15, 0.2) is 0 Å². The highest BCUT2D eigenvalue weighted by atomic mass is 79.9. The van der Waals surface area contributed by atoms with Gasteiger partial charge >= 0.3 is 0 Å². The summed E-state index contributed by atoms with van der Waals surface area (Å²) in [5, 5.41) is 0.872. The molecule has 0 aliphatic heterocycles. The van der Waals surface area contributed by atoms with Gasteiger partial charge in [0.05, 0.1) is 0 Å². The zero-order valence-corrected chi connectivity index (χ0v) is 12.2. The average molecular weight is 285 g/mol. The van der Waals surface area contributed by atoms with Gasteiger partial charge in [-0.15, -0.1) is 0 Å². The highest BCUT2D eigenvalue weighted by Gasteiger charge is 2.13. The molecule has 1 aromatic rings. The van der Waals surface area contributed by atoms with Gasteiger partial charge in [-0.1, -0.05) is 28.9 Å². The molecular weight excluding hydrogens is 264 g/mol. The summed E-state index contributed by atoms with van der Waals surface area (Å²) in [5.41, 5.74) is 2.50. The normalized spacial score (nSPS) is 10.9. The fraction of sp³-hybridized carbons (Fsp3) is 0.615. The van der Waals surface area contributed by atoms with Crippen LogP contribution in [0.2, 0.25) is 0 Å². The molecule has 90 valence electrons. The van der Waals surface area contributed by atoms with Gasteiger partial charge < -0.3 is 4.90 Å². The van der Waals surface area contributed by atoms with E-state index in [1.54, 1.807) is 0 Å². The van der Waals surface area contributed by atoms with Crippen molar-refractivity contribution in [3.63, 3.8) is 0 Å². The van der Waals surface area contributed by atoms with Crippen LogP contribution in [0.1, 0.15) is 38.3 Å². The second-order valence-electron chi connectivity index (χ2n) is 4.40. The Morgan fingerprint density at radius 2 is 2.12 bits per heavy atom. The lowest BCUT2D eigenvalue weighted by molar-refractivity contribution is 0.660. The van der Waals surface area contributed by atoms with Crippen LogP contribution in [0, 0.1) is 6.92 Å². The molecule has 0 atom stereocenters. The predicted octanol–water partition coefficient (Wildman–Crippen LogP) is 3.91. The van der Waals surface area contributed by atoms with Gasteiger partial charge in [0.25, 0.3) is 0 Å². The van der Waals surface area contributed by atoms with Crippen LogP contribution in [0.5, 0.6) is 0 Å². The van der Waals surface area contributed by atoms with E-state index in [2.05, 4.69) is 59.6 Å². The molecule has 3 heteroatoms. The Labute approximate surface area is 107 Å². The van der Waals surface area contributed by atoms with Crippen LogP contribution >= 0.6 is 15.9 Å². The van der Waals surface area contributed by atoms with Crippen molar-refractivity contribution in [2.45, 2.75) is 45.5 Å². The SMILES string of the molecule is CCCN(c1ncc(CBr)cc1C)C(C)C. The number of halogens is 1. The van der Waals surface area contributed by atoms with Crippen LogP contribution in [-0.4, -0.2) is 17.6 Å². The summed E-state index contributed by atoms with van der Waals surface area (Å²) < 4.78 is 0. The molecule has 0 fully saturated rings. The van der Waals surface area contributed by atoms with E-state index in [0.717, 1.165) is 24.1 Å². The molecule has 0 aromatic carbocycles. The van der Waals surface area contributed by atoms with E-state index in [-0.39, 0.29) is 0 Å². The van der Waals surface area contributed by atoms with E-state index in [0.29, 0.717) is 6.04 Å². The van der Waals surface area contributed by atoms with Gasteiger partial charge in [-0.3, -0.25) is 0 Å². The molecule has 0 unspecified atom stereocenters. The van der Waals surface area contributed by atoms with E-state index in [1.807, 2.05) is 6.20 Å². The minimum Gasteiger partial charge on any atom is -0.354 e. The number of nitrogens with zero attached hydrogens (tertiary/aromatic N) is 2. The van der Waals surface area contributed by atoms with Crippen LogP contribution in [-0.2, 0) is 5.33 Å². The largest absolute Gasteiger partial charge is 0.354 e. The van der Waals surface area contributed by atoms with Crippen molar-refractivity contribution >= 4 is 21.7 Å². The number of hydrogen-bond donors (Lipinski definition) is 0. The number of aryl methyl sites for hydroxylation is 1. The maximum atomic E-state index is 4.59. The Bertz CT molecular complexity index is 337. The molecule has 0 radical (unpaired) electrons. The molecule has 0 N–H and O–H groups in total. The molecule has 0 bridgehead atoms. The molecule has 0 saturated heterocycles. The average Bonchev–Trinajstić information content (AvgIpc) is 2.26. The molecule has 1 heterocycles. The number of aromatic nitrogens is 1. The first-order valence-electron chi connectivity index (χ1n) is 5.88. The third-order valence-electron chi connectivity index (χ3n) is 2.62. The fourth-order valence-electron chi connectivity index (χ4n) is 1.85. The lowest BCUT2D eigenvalue weighted by Gasteiger charge is -2.29. The van der Waals surface area contributed by atoms with Crippen LogP contribution in [0.25, 0.3) is 0 Å². The standard InChI is InChI=1S/C13H21BrN2/c1-5-6-16(10(2)3)13-11(4)7-12(8-14)9-15-13/h7,9-10H,5-6,8H2,1-4H3. The molecule has 1 aromatic heterocycles. The number of alkyl halides is 1. The molecule has 2 nitrogen and oxygen atoms in total. The predicted molar refractivity (Wildman–Crippen MR) is 74.4 cm³/mol. The number of hydrogen-bond acceptors (Lipinski definition) is 2. The zero-order chi connectivity index (χ0) is 12.1. The first-order valence-corrected chi connectivity index (χ1v) is 7.00. The van der Waals surface area contributed by atoms with E-state index < -0.39 is 0 Å². The molecule has 0 aliphatic rings. The molecule has 0 saturated carbocycles. The van der Waals surface area contributed by atoms with Crippen molar-refractivity contribution in [1.29, 1.82) is 0 Å². The van der Waals surface area contributed by atoms with E-state index >= 15 is 0 Å². The Morgan fingerprint density at radius 1 is 1.44 bits per heavy atom. The van der Waals surface area contributed by atoms with Gasteiger partial charge in [0.1, 0.15) is 5.82 Å². The third kappa shape index (κ3) is 3.21. The highest BCUT2D eigenvalue weighted by molar-refractivity contribution is 9.08. The van der Waals surface area contributed by atoms with Crippen LogP contribution in [0.4, 0.5) is 5.82 Å². The van der Waals surface area contributed by atoms with Crippen molar-refractivity contribution < 1.29 is 0 Å². The molecular formula is C13H21BrN2. The van der Waals surface area contributed by atoms with Gasteiger partial charge in [-0.25, -0.2) is 4.98 Å². The summed E-state index contributed by atoms with van der Waals surface area (Å²) in [7, 11) is 0. The number of rotatable bonds is 5. The minimum atomic E-state index is 0.501. The zero-order valence-electron chi connectivity index (χ0n) is 10.6. The monoisotopic (exact) mass is 284 g/mol. The lowest BCUT2D eigenvalue weighted by Crippen LogP contribution is -2.32. The first kappa shape index (κ1) is 13.5. The van der Waals surface area contributed by atoms with Crippen LogP contribution in [0.15, 0.2) is 12.3 Å². The number of pyridine rings is 1. The Balaban J connectivity index is 3.00. The summed E-state index contributed by atoms with van der Waals surface area (Å²) in [5.74, 6) is 1.13. The van der Waals surface area contributed by atoms with Gasteiger partial charge in [-0.05, 0) is 38.3 Å². The fourth-order valence-corrected chi connectivity index (χ4v) is 2.16. The van der Waals surface area contributed by atoms with Crippen molar-refractivity contribution in [3.8, 4) is 0 Å². The Morgan fingerprint density at radius 3 is 2.56 bits per heavy atom. The van der Waals surface area contributed by atoms with Crippen molar-refractivity contribution in [2.24, 2.45) is 0 Å². The van der Waals surface area contributed by atoms with Gasteiger partial charge in [-0.2, -0.15) is 0 Å². The number of anilines is 1. The third-order valence-corrected chi connectivity index (χ3v) is 3.27. The molecule has 0 amide bonds. The maximum Gasteiger partial charge on any atom is 0.131 e. The summed E-state index contributed by atoms with van der Waals surface area (Å²) in [6.07, 6.45) is 3.11. The van der Waals surface area contributed by atoms with Crippen molar-refractivity contribution in [1.82, 2.24) is 4.98 Å². The van der Waals surface area contributed by atoms with Gasteiger partial charge in [0, 0.05) is 24.1 Å². The second kappa shape index (κ2) is 6.24. The van der Waals surface area contributed by atoms with Gasteiger partial charge in [0.2, 0.25) is 0 Å². The van der Waals surface area contributed by atoms with Crippen LogP contribution in [0.3, 0.4) is 0 Å². The summed E-state index contributed by atoms with van der Waals surface area (Å²) in [6.45, 7) is 9.85. The highest BCUT2D eigenvalue weighted by Crippen LogP contribution is 2.21. The van der Waals surface area contributed by atoms with E-state index in [1.165, 1.54) is 11.1 Å². The van der Waals surface area contributed by atoms with E-state index in [4.69, 9.17) is 0 Å². The summed E-state index contributed by atoms with van der Waals surface area (Å²) in [6, 6.07) is 2.71. The molecule has 1 rings (SSSR count). The maximum absolute atomic E-state index is 4.59. The summed E-state index contributed by atoms with van der Waals surface area (Å²) >= 11 is 3.46. The van der Waals surface area contributed by atoms with Crippen LogP contribution < -0.4 is 4.90 Å². The minimum absolute atomic E-state index is 0.501. The molecule has 0 spiro atoms. The smallest absolute Gasteiger partial charge is 0.131 e. The second-order valence-corrected chi connectivity index (χ2v) is 4.97. The topological polar surface area (TPSA) is 16.1 Å². The lowest BCUT2D eigenvalue weighted by atomic mass is 10.2. The molecule has 0 aliphatic carbocycles.